The molecule has 0 aliphatic heterocycles. The Hall–Kier alpha value is -2.20. The molecule has 0 heterocycles. The standard InChI is InChI=1S/C20H16NPS/c21-15-17-11-13-18(14-12-17)16-22(23,19-7-3-1-4-8-19)20-9-5-2-6-10-20/h1-14H,16H2. The number of nitriles is 1. The second kappa shape index (κ2) is 6.92. The van der Waals surface area contributed by atoms with Gasteiger partial charge in [-0.15, -0.1) is 0 Å². The molecule has 0 saturated carbocycles. The zero-order chi connectivity index (χ0) is 16.1. The molecule has 3 aromatic rings. The molecule has 0 amide bonds. The monoisotopic (exact) mass is 333 g/mol. The first-order chi connectivity index (χ1) is 11.2. The van der Waals surface area contributed by atoms with Crippen LogP contribution in [0.5, 0.6) is 0 Å². The van der Waals surface area contributed by atoms with Gasteiger partial charge in [0.1, 0.15) is 0 Å². The summed E-state index contributed by atoms with van der Waals surface area (Å²) < 4.78 is 0. The van der Waals surface area contributed by atoms with E-state index in [0.717, 1.165) is 6.16 Å². The van der Waals surface area contributed by atoms with Crippen LogP contribution in [0, 0.1) is 11.3 Å². The maximum Gasteiger partial charge on any atom is 0.0991 e. The van der Waals surface area contributed by atoms with Gasteiger partial charge in [-0.2, -0.15) is 5.26 Å². The molecule has 3 rings (SSSR count). The van der Waals surface area contributed by atoms with Crippen molar-refractivity contribution < 1.29 is 0 Å². The molecule has 0 bridgehead atoms. The molecule has 3 heteroatoms. The molecule has 0 spiro atoms. The topological polar surface area (TPSA) is 23.8 Å². The SMILES string of the molecule is N#Cc1ccc(CP(=S)(c2ccccc2)c2ccccc2)cc1. The van der Waals surface area contributed by atoms with Crippen LogP contribution in [0.1, 0.15) is 11.1 Å². The fourth-order valence-corrected chi connectivity index (χ4v) is 6.48. The van der Waals surface area contributed by atoms with Gasteiger partial charge in [0.25, 0.3) is 0 Å². The maximum atomic E-state index is 8.95. The fourth-order valence-electron chi connectivity index (χ4n) is 2.61. The van der Waals surface area contributed by atoms with Crippen LogP contribution in [-0.4, -0.2) is 0 Å². The summed E-state index contributed by atoms with van der Waals surface area (Å²) in [5.41, 5.74) is 1.86. The smallest absolute Gasteiger partial charge is 0.0991 e. The van der Waals surface area contributed by atoms with Gasteiger partial charge in [0, 0.05) is 12.2 Å². The van der Waals surface area contributed by atoms with Gasteiger partial charge in [0.05, 0.1) is 11.6 Å². The van der Waals surface area contributed by atoms with Gasteiger partial charge in [-0.3, -0.25) is 0 Å². The highest BCUT2D eigenvalue weighted by Crippen LogP contribution is 2.47. The summed E-state index contributed by atoms with van der Waals surface area (Å²) in [6, 6.07) is 28.8. The van der Waals surface area contributed by atoms with Gasteiger partial charge >= 0.3 is 0 Å². The van der Waals surface area contributed by atoms with Gasteiger partial charge in [-0.25, -0.2) is 0 Å². The molecule has 0 N–H and O–H groups in total. The molecule has 0 aliphatic carbocycles. The van der Waals surface area contributed by atoms with Crippen LogP contribution in [0.3, 0.4) is 0 Å². The first-order valence-corrected chi connectivity index (χ1v) is 10.4. The van der Waals surface area contributed by atoms with E-state index in [1.54, 1.807) is 0 Å². The third kappa shape index (κ3) is 3.42. The van der Waals surface area contributed by atoms with Crippen molar-refractivity contribution in [2.45, 2.75) is 6.16 Å². The van der Waals surface area contributed by atoms with Gasteiger partial charge in [-0.05, 0) is 28.3 Å². The molecule has 0 unspecified atom stereocenters. The van der Waals surface area contributed by atoms with E-state index in [9.17, 15) is 0 Å². The van der Waals surface area contributed by atoms with Crippen LogP contribution in [0.4, 0.5) is 0 Å². The van der Waals surface area contributed by atoms with E-state index in [1.165, 1.54) is 16.2 Å². The van der Waals surface area contributed by atoms with E-state index in [0.29, 0.717) is 5.56 Å². The number of nitrogens with zero attached hydrogens (tertiary/aromatic N) is 1. The third-order valence-corrected chi connectivity index (χ3v) is 8.56. The molecule has 0 aliphatic rings. The minimum Gasteiger partial charge on any atom is -0.192 e. The summed E-state index contributed by atoms with van der Waals surface area (Å²) in [5.74, 6) is 0. The molecule has 0 saturated heterocycles. The molecule has 0 aromatic heterocycles. The van der Waals surface area contributed by atoms with Crippen LogP contribution in [0.25, 0.3) is 0 Å². The van der Waals surface area contributed by atoms with Gasteiger partial charge in [0.2, 0.25) is 0 Å². The Morgan fingerprint density at radius 2 is 1.22 bits per heavy atom. The molecule has 112 valence electrons. The van der Waals surface area contributed by atoms with Gasteiger partial charge in [-0.1, -0.05) is 84.6 Å². The van der Waals surface area contributed by atoms with Crippen molar-refractivity contribution in [3.05, 3.63) is 96.1 Å². The number of hydrogen-bond acceptors (Lipinski definition) is 2. The lowest BCUT2D eigenvalue weighted by atomic mass is 10.2. The highest BCUT2D eigenvalue weighted by molar-refractivity contribution is 8.21. The normalized spacial score (nSPS) is 10.9. The Morgan fingerprint density at radius 3 is 1.65 bits per heavy atom. The summed E-state index contributed by atoms with van der Waals surface area (Å²) in [4.78, 5) is 0. The minimum atomic E-state index is -1.92. The quantitative estimate of drug-likeness (QED) is 0.669. The third-order valence-electron chi connectivity index (χ3n) is 3.83. The van der Waals surface area contributed by atoms with E-state index in [1.807, 2.05) is 36.4 Å². The lowest BCUT2D eigenvalue weighted by molar-refractivity contribution is 1.38. The Balaban J connectivity index is 2.06. The van der Waals surface area contributed by atoms with Gasteiger partial charge < -0.3 is 0 Å². The van der Waals surface area contributed by atoms with Crippen molar-refractivity contribution >= 4 is 28.5 Å². The Kier molecular flexibility index (Phi) is 4.72. The molecule has 0 radical (unpaired) electrons. The maximum absolute atomic E-state index is 8.95. The van der Waals surface area contributed by atoms with Crippen molar-refractivity contribution in [3.63, 3.8) is 0 Å². The molecule has 1 nitrogen and oxygen atoms in total. The fraction of sp³-hybridized carbons (Fsp3) is 0.0500. The van der Waals surface area contributed by atoms with Crippen LogP contribution >= 0.6 is 6.04 Å². The average Bonchev–Trinajstić information content (AvgIpc) is 2.64. The molecular formula is C20H16NPS. The zero-order valence-corrected chi connectivity index (χ0v) is 14.3. The predicted molar refractivity (Wildman–Crippen MR) is 101 cm³/mol. The highest BCUT2D eigenvalue weighted by atomic mass is 32.4. The minimum absolute atomic E-state index is 0.682. The van der Waals surface area contributed by atoms with Crippen molar-refractivity contribution in [2.24, 2.45) is 0 Å². The summed E-state index contributed by atoms with van der Waals surface area (Å²) in [7, 11) is 0. The summed E-state index contributed by atoms with van der Waals surface area (Å²) in [6.45, 7) is 0. The first-order valence-electron chi connectivity index (χ1n) is 7.42. The van der Waals surface area contributed by atoms with Crippen LogP contribution in [0.2, 0.25) is 0 Å². The largest absolute Gasteiger partial charge is 0.192 e. The molecule has 0 fully saturated rings. The first kappa shape index (κ1) is 15.7. The van der Waals surface area contributed by atoms with Crippen LogP contribution in [-0.2, 0) is 18.0 Å². The second-order valence-electron chi connectivity index (χ2n) is 5.38. The molecule has 23 heavy (non-hydrogen) atoms. The van der Waals surface area contributed by atoms with E-state index in [2.05, 4.69) is 54.6 Å². The second-order valence-corrected chi connectivity index (χ2v) is 10.1. The van der Waals surface area contributed by atoms with Gasteiger partial charge in [0.15, 0.2) is 0 Å². The highest BCUT2D eigenvalue weighted by Gasteiger charge is 2.22. The van der Waals surface area contributed by atoms with E-state index < -0.39 is 6.04 Å². The number of rotatable bonds is 4. The Morgan fingerprint density at radius 1 is 0.739 bits per heavy atom. The van der Waals surface area contributed by atoms with Crippen molar-refractivity contribution in [3.8, 4) is 6.07 Å². The lowest BCUT2D eigenvalue weighted by Crippen LogP contribution is -2.17. The van der Waals surface area contributed by atoms with Crippen molar-refractivity contribution in [1.82, 2.24) is 0 Å². The van der Waals surface area contributed by atoms with E-state index in [-0.39, 0.29) is 0 Å². The van der Waals surface area contributed by atoms with Crippen molar-refractivity contribution in [2.75, 3.05) is 0 Å². The summed E-state index contributed by atoms with van der Waals surface area (Å²) in [6.07, 6.45) is 0.821. The van der Waals surface area contributed by atoms with Crippen LogP contribution in [0.15, 0.2) is 84.9 Å². The molecule has 3 aromatic carbocycles. The molecular weight excluding hydrogens is 317 g/mol. The number of benzene rings is 3. The average molecular weight is 333 g/mol. The van der Waals surface area contributed by atoms with E-state index >= 15 is 0 Å². The van der Waals surface area contributed by atoms with Crippen LogP contribution < -0.4 is 10.6 Å². The Bertz CT molecular complexity index is 822. The van der Waals surface area contributed by atoms with Crippen molar-refractivity contribution in [1.29, 1.82) is 5.26 Å². The molecule has 0 atom stereocenters. The predicted octanol–water partition coefficient (Wildman–Crippen LogP) is 4.19. The Labute approximate surface area is 142 Å². The van der Waals surface area contributed by atoms with E-state index in [4.69, 9.17) is 17.1 Å². The summed E-state index contributed by atoms with van der Waals surface area (Å²) in [5, 5.41) is 11.4. The summed E-state index contributed by atoms with van der Waals surface area (Å²) >= 11 is 6.22. The number of hydrogen-bond donors (Lipinski definition) is 0. The lowest BCUT2D eigenvalue weighted by Gasteiger charge is -2.23. The zero-order valence-electron chi connectivity index (χ0n) is 12.6.